The molecule has 2 aromatic rings. The largest absolute Gasteiger partial charge is 0.337 e. The summed E-state index contributed by atoms with van der Waals surface area (Å²) in [6.45, 7) is 14.7. The van der Waals surface area contributed by atoms with Gasteiger partial charge in [-0.25, -0.2) is 4.98 Å². The number of aromatic nitrogens is 2. The zero-order valence-electron chi connectivity index (χ0n) is 18.3. The number of hydrogen-bond donors (Lipinski definition) is 0. The summed E-state index contributed by atoms with van der Waals surface area (Å²) in [6, 6.07) is 10.8. The van der Waals surface area contributed by atoms with Crippen molar-refractivity contribution in [2.75, 3.05) is 39.3 Å². The Morgan fingerprint density at radius 1 is 0.966 bits per heavy atom. The van der Waals surface area contributed by atoms with Crippen LogP contribution in [0.4, 0.5) is 0 Å². The van der Waals surface area contributed by atoms with E-state index in [4.69, 9.17) is 0 Å². The lowest BCUT2D eigenvalue weighted by Crippen LogP contribution is -2.52. The molecule has 29 heavy (non-hydrogen) atoms. The van der Waals surface area contributed by atoms with Gasteiger partial charge < -0.3 is 9.47 Å². The van der Waals surface area contributed by atoms with E-state index >= 15 is 0 Å². The van der Waals surface area contributed by atoms with Crippen LogP contribution in [0.1, 0.15) is 27.7 Å². The predicted octanol–water partition coefficient (Wildman–Crippen LogP) is 2.81. The van der Waals surface area contributed by atoms with E-state index in [1.54, 1.807) is 0 Å². The number of nitrogens with zero attached hydrogens (tertiary/aromatic N) is 5. The minimum atomic E-state index is 0.245. The van der Waals surface area contributed by atoms with Crippen molar-refractivity contribution in [1.29, 1.82) is 0 Å². The predicted molar refractivity (Wildman–Crippen MR) is 118 cm³/mol. The molecule has 1 aliphatic heterocycles. The lowest BCUT2D eigenvalue weighted by atomic mass is 10.2. The molecule has 1 amide bonds. The number of imidazole rings is 1. The average molecular weight is 398 g/mol. The first-order chi connectivity index (χ1) is 14.0. The highest BCUT2D eigenvalue weighted by molar-refractivity contribution is 5.78. The highest BCUT2D eigenvalue weighted by Gasteiger charge is 2.24. The van der Waals surface area contributed by atoms with Gasteiger partial charge >= 0.3 is 0 Å². The Kier molecular flexibility index (Phi) is 7.45. The summed E-state index contributed by atoms with van der Waals surface area (Å²) < 4.78 is 2.23. The highest BCUT2D eigenvalue weighted by Crippen LogP contribution is 2.17. The first-order valence-electron chi connectivity index (χ1n) is 10.8. The minimum absolute atomic E-state index is 0.245. The molecule has 1 saturated heterocycles. The van der Waals surface area contributed by atoms with Crippen LogP contribution in [0.2, 0.25) is 0 Å². The lowest BCUT2D eigenvalue weighted by Gasteiger charge is -2.37. The van der Waals surface area contributed by atoms with Crippen molar-refractivity contribution in [3.8, 4) is 11.4 Å². The SMILES string of the molecule is CC(C)N(C(=O)CN1CCN(CCn2ccnc2-c2ccccc2)CC1)C(C)C. The Bertz CT molecular complexity index is 755. The van der Waals surface area contributed by atoms with Gasteiger partial charge in [-0.15, -0.1) is 0 Å². The van der Waals surface area contributed by atoms with Gasteiger partial charge in [0.25, 0.3) is 0 Å². The van der Waals surface area contributed by atoms with E-state index in [9.17, 15) is 4.79 Å². The maximum absolute atomic E-state index is 12.7. The lowest BCUT2D eigenvalue weighted by molar-refractivity contribution is -0.136. The zero-order chi connectivity index (χ0) is 20.8. The molecule has 6 heteroatoms. The van der Waals surface area contributed by atoms with Crippen molar-refractivity contribution < 1.29 is 4.79 Å². The molecule has 1 fully saturated rings. The fourth-order valence-corrected chi connectivity index (χ4v) is 4.20. The van der Waals surface area contributed by atoms with Gasteiger partial charge in [-0.2, -0.15) is 0 Å². The molecular formula is C23H35N5O. The van der Waals surface area contributed by atoms with Gasteiger partial charge in [0, 0.05) is 69.3 Å². The fraction of sp³-hybridized carbons (Fsp3) is 0.565. The third-order valence-corrected chi connectivity index (χ3v) is 5.63. The van der Waals surface area contributed by atoms with E-state index in [1.807, 2.05) is 17.2 Å². The molecule has 0 radical (unpaired) electrons. The van der Waals surface area contributed by atoms with Crippen LogP contribution in [0, 0.1) is 0 Å². The van der Waals surface area contributed by atoms with Crippen LogP contribution in [0.25, 0.3) is 11.4 Å². The van der Waals surface area contributed by atoms with Crippen LogP contribution in [0.5, 0.6) is 0 Å². The molecule has 3 rings (SSSR count). The summed E-state index contributed by atoms with van der Waals surface area (Å²) in [4.78, 5) is 24.0. The molecule has 0 unspecified atom stereocenters. The van der Waals surface area contributed by atoms with Crippen LogP contribution in [-0.4, -0.2) is 81.5 Å². The standard InChI is InChI=1S/C23H35N5O/c1-19(2)28(20(3)4)22(29)18-26-14-12-25(13-15-26)16-17-27-11-10-24-23(27)21-8-6-5-7-9-21/h5-11,19-20H,12-18H2,1-4H3. The Labute approximate surface area is 175 Å². The van der Waals surface area contributed by atoms with E-state index in [1.165, 1.54) is 0 Å². The zero-order valence-corrected chi connectivity index (χ0v) is 18.3. The van der Waals surface area contributed by atoms with Crippen LogP contribution in [0.15, 0.2) is 42.7 Å². The molecule has 0 N–H and O–H groups in total. The minimum Gasteiger partial charge on any atom is -0.337 e. The summed E-state index contributed by atoms with van der Waals surface area (Å²) in [6.07, 6.45) is 3.94. The van der Waals surface area contributed by atoms with E-state index in [0.717, 1.165) is 50.7 Å². The number of rotatable bonds is 8. The van der Waals surface area contributed by atoms with Crippen molar-refractivity contribution >= 4 is 5.91 Å². The number of benzene rings is 1. The Balaban J connectivity index is 1.47. The normalized spacial score (nSPS) is 15.9. The first-order valence-corrected chi connectivity index (χ1v) is 10.8. The van der Waals surface area contributed by atoms with Gasteiger partial charge in [0.2, 0.25) is 5.91 Å². The van der Waals surface area contributed by atoms with E-state index in [0.29, 0.717) is 6.54 Å². The third kappa shape index (κ3) is 5.67. The van der Waals surface area contributed by atoms with Crippen molar-refractivity contribution in [2.45, 2.75) is 46.3 Å². The summed E-state index contributed by atoms with van der Waals surface area (Å²) in [5, 5.41) is 0. The van der Waals surface area contributed by atoms with Crippen molar-refractivity contribution in [3.05, 3.63) is 42.7 Å². The fourth-order valence-electron chi connectivity index (χ4n) is 4.20. The second-order valence-electron chi connectivity index (χ2n) is 8.42. The molecule has 6 nitrogen and oxygen atoms in total. The monoisotopic (exact) mass is 397 g/mol. The van der Waals surface area contributed by atoms with E-state index < -0.39 is 0 Å². The van der Waals surface area contributed by atoms with E-state index in [2.05, 4.69) is 77.5 Å². The summed E-state index contributed by atoms with van der Waals surface area (Å²) in [5.41, 5.74) is 1.15. The third-order valence-electron chi connectivity index (χ3n) is 5.63. The van der Waals surface area contributed by atoms with Crippen molar-refractivity contribution in [1.82, 2.24) is 24.3 Å². The quantitative estimate of drug-likeness (QED) is 0.687. The maximum atomic E-state index is 12.7. The van der Waals surface area contributed by atoms with Crippen molar-refractivity contribution in [2.24, 2.45) is 0 Å². The molecule has 2 heterocycles. The number of amides is 1. The molecule has 0 spiro atoms. The molecular weight excluding hydrogens is 362 g/mol. The summed E-state index contributed by atoms with van der Waals surface area (Å²) in [7, 11) is 0. The summed E-state index contributed by atoms with van der Waals surface area (Å²) in [5.74, 6) is 1.27. The van der Waals surface area contributed by atoms with Gasteiger partial charge in [-0.05, 0) is 27.7 Å². The molecule has 1 aromatic heterocycles. The number of carbonyl (C=O) groups excluding carboxylic acids is 1. The van der Waals surface area contributed by atoms with Gasteiger partial charge in [0.15, 0.2) is 0 Å². The Morgan fingerprint density at radius 2 is 1.59 bits per heavy atom. The molecule has 158 valence electrons. The van der Waals surface area contributed by atoms with Crippen LogP contribution in [-0.2, 0) is 11.3 Å². The van der Waals surface area contributed by atoms with E-state index in [-0.39, 0.29) is 18.0 Å². The second kappa shape index (κ2) is 10.0. The average Bonchev–Trinajstić information content (AvgIpc) is 3.16. The van der Waals surface area contributed by atoms with Crippen LogP contribution >= 0.6 is 0 Å². The Morgan fingerprint density at radius 3 is 2.21 bits per heavy atom. The molecule has 1 aromatic carbocycles. The number of carbonyl (C=O) groups is 1. The van der Waals surface area contributed by atoms with Gasteiger partial charge in [-0.3, -0.25) is 14.6 Å². The molecule has 0 atom stereocenters. The first kappa shape index (κ1) is 21.5. The Hall–Kier alpha value is -2.18. The van der Waals surface area contributed by atoms with Crippen LogP contribution < -0.4 is 0 Å². The van der Waals surface area contributed by atoms with Gasteiger partial charge in [0.05, 0.1) is 6.54 Å². The van der Waals surface area contributed by atoms with Gasteiger partial charge in [0.1, 0.15) is 5.82 Å². The van der Waals surface area contributed by atoms with Crippen LogP contribution in [0.3, 0.4) is 0 Å². The van der Waals surface area contributed by atoms with Crippen molar-refractivity contribution in [3.63, 3.8) is 0 Å². The number of hydrogen-bond acceptors (Lipinski definition) is 4. The topological polar surface area (TPSA) is 44.6 Å². The second-order valence-corrected chi connectivity index (χ2v) is 8.42. The molecule has 0 saturated carbocycles. The van der Waals surface area contributed by atoms with Gasteiger partial charge in [-0.1, -0.05) is 30.3 Å². The smallest absolute Gasteiger partial charge is 0.237 e. The molecule has 0 aliphatic carbocycles. The molecule has 0 bridgehead atoms. The summed E-state index contributed by atoms with van der Waals surface area (Å²) >= 11 is 0. The highest BCUT2D eigenvalue weighted by atomic mass is 16.2. The maximum Gasteiger partial charge on any atom is 0.237 e. The number of piperazine rings is 1. The molecule has 1 aliphatic rings.